The number of carbonyl (C=O) groups excluding carboxylic acids is 1. The molecular formula is C25H26N4O2. The number of nitrogen functional groups attached to an aromatic ring is 1. The number of nitrogens with two attached hydrogens (primary N) is 1. The van der Waals surface area contributed by atoms with Crippen molar-refractivity contribution in [1.29, 1.82) is 0 Å². The summed E-state index contributed by atoms with van der Waals surface area (Å²) >= 11 is 0. The molecule has 0 unspecified atom stereocenters. The third-order valence-corrected chi connectivity index (χ3v) is 6.07. The summed E-state index contributed by atoms with van der Waals surface area (Å²) in [6.45, 7) is 6.37. The van der Waals surface area contributed by atoms with Crippen molar-refractivity contribution in [3.63, 3.8) is 0 Å². The number of hydrogen-bond acceptors (Lipinski definition) is 5. The van der Waals surface area contributed by atoms with Crippen LogP contribution < -0.4 is 10.6 Å². The lowest BCUT2D eigenvalue weighted by atomic mass is 9.93. The number of ether oxygens (including phenoxy) is 1. The van der Waals surface area contributed by atoms with E-state index in [1.54, 1.807) is 0 Å². The Morgan fingerprint density at radius 2 is 1.84 bits per heavy atom. The first-order valence-corrected chi connectivity index (χ1v) is 10.7. The molecule has 1 saturated heterocycles. The number of benzene rings is 2. The van der Waals surface area contributed by atoms with Gasteiger partial charge in [0.15, 0.2) is 0 Å². The van der Waals surface area contributed by atoms with Crippen LogP contribution in [0, 0.1) is 6.92 Å². The molecule has 1 aromatic heterocycles. The summed E-state index contributed by atoms with van der Waals surface area (Å²) in [5, 5.41) is 1.01. The van der Waals surface area contributed by atoms with Crippen LogP contribution in [0.15, 0.2) is 54.6 Å². The average molecular weight is 415 g/mol. The van der Waals surface area contributed by atoms with Gasteiger partial charge in [-0.15, -0.1) is 0 Å². The van der Waals surface area contributed by atoms with E-state index in [4.69, 9.17) is 10.5 Å². The second-order valence-corrected chi connectivity index (χ2v) is 8.08. The van der Waals surface area contributed by atoms with Crippen molar-refractivity contribution in [2.45, 2.75) is 6.92 Å². The molecule has 1 fully saturated rings. The number of amides is 1. The predicted octanol–water partition coefficient (Wildman–Crippen LogP) is 3.64. The molecule has 31 heavy (non-hydrogen) atoms. The van der Waals surface area contributed by atoms with E-state index in [1.807, 2.05) is 41.3 Å². The van der Waals surface area contributed by atoms with E-state index in [0.717, 1.165) is 51.9 Å². The van der Waals surface area contributed by atoms with Crippen LogP contribution in [0.4, 0.5) is 11.5 Å². The van der Waals surface area contributed by atoms with Gasteiger partial charge in [-0.05, 0) is 47.9 Å². The fourth-order valence-corrected chi connectivity index (χ4v) is 4.44. The molecule has 158 valence electrons. The molecule has 0 atom stereocenters. The summed E-state index contributed by atoms with van der Waals surface area (Å²) in [5.74, 6) is 0.601. The number of pyridine rings is 1. The topological polar surface area (TPSA) is 71.7 Å². The Morgan fingerprint density at radius 3 is 2.61 bits per heavy atom. The standard InChI is InChI=1S/C25H26N4O2/c1-17-5-4-6-20(25(30)29-9-2-3-10-29)23(17)18-7-8-21-19(15-18)16-22(24(26)27-21)28-11-13-31-14-12-28/h2-8,15-16H,9-14H2,1H3,(H2,26,27). The third-order valence-electron chi connectivity index (χ3n) is 6.07. The van der Waals surface area contributed by atoms with Crippen LogP contribution in [0.25, 0.3) is 22.0 Å². The van der Waals surface area contributed by atoms with Crippen LogP contribution in [0.3, 0.4) is 0 Å². The highest BCUT2D eigenvalue weighted by Gasteiger charge is 2.22. The first kappa shape index (κ1) is 19.6. The van der Waals surface area contributed by atoms with Gasteiger partial charge >= 0.3 is 0 Å². The number of nitrogens with zero attached hydrogens (tertiary/aromatic N) is 3. The van der Waals surface area contributed by atoms with E-state index in [2.05, 4.69) is 35.0 Å². The summed E-state index contributed by atoms with van der Waals surface area (Å²) in [6.07, 6.45) is 4.07. The number of fused-ring (bicyclic) bond motifs is 1. The van der Waals surface area contributed by atoms with Gasteiger partial charge < -0.3 is 20.3 Å². The van der Waals surface area contributed by atoms with E-state index in [0.29, 0.717) is 32.1 Å². The molecule has 1 amide bonds. The monoisotopic (exact) mass is 414 g/mol. The number of aromatic nitrogens is 1. The molecule has 0 spiro atoms. The smallest absolute Gasteiger partial charge is 0.255 e. The Kier molecular flexibility index (Phi) is 5.08. The second-order valence-electron chi connectivity index (χ2n) is 8.08. The normalized spacial score (nSPS) is 16.3. The van der Waals surface area contributed by atoms with Crippen molar-refractivity contribution in [3.8, 4) is 11.1 Å². The second kappa shape index (κ2) is 8.04. The highest BCUT2D eigenvalue weighted by atomic mass is 16.5. The molecule has 2 aliphatic rings. The fourth-order valence-electron chi connectivity index (χ4n) is 4.44. The number of aryl methyl sites for hydroxylation is 1. The molecule has 3 heterocycles. The molecule has 2 N–H and O–H groups in total. The summed E-state index contributed by atoms with van der Waals surface area (Å²) in [4.78, 5) is 21.9. The highest BCUT2D eigenvalue weighted by Crippen LogP contribution is 2.33. The molecular weight excluding hydrogens is 388 g/mol. The molecule has 2 aliphatic heterocycles. The van der Waals surface area contributed by atoms with Crippen molar-refractivity contribution in [2.75, 3.05) is 50.0 Å². The number of hydrogen-bond donors (Lipinski definition) is 1. The van der Waals surface area contributed by atoms with Crippen molar-refractivity contribution >= 4 is 28.3 Å². The molecule has 0 radical (unpaired) electrons. The zero-order valence-corrected chi connectivity index (χ0v) is 17.7. The van der Waals surface area contributed by atoms with Crippen LogP contribution in [0.5, 0.6) is 0 Å². The van der Waals surface area contributed by atoms with E-state index in [1.165, 1.54) is 0 Å². The molecule has 6 nitrogen and oxygen atoms in total. The molecule has 0 bridgehead atoms. The lowest BCUT2D eigenvalue weighted by Gasteiger charge is -2.29. The Bertz CT molecular complexity index is 1170. The number of morpholine rings is 1. The maximum atomic E-state index is 13.2. The average Bonchev–Trinajstić information content (AvgIpc) is 3.33. The Hall–Kier alpha value is -3.38. The first-order chi connectivity index (χ1) is 15.1. The van der Waals surface area contributed by atoms with E-state index >= 15 is 0 Å². The zero-order chi connectivity index (χ0) is 21.4. The van der Waals surface area contributed by atoms with Gasteiger partial charge in [0.1, 0.15) is 5.82 Å². The van der Waals surface area contributed by atoms with Crippen molar-refractivity contribution in [1.82, 2.24) is 9.88 Å². The molecule has 0 saturated carbocycles. The Balaban J connectivity index is 1.59. The van der Waals surface area contributed by atoms with Crippen molar-refractivity contribution in [2.24, 2.45) is 0 Å². The number of carbonyl (C=O) groups is 1. The quantitative estimate of drug-likeness (QED) is 0.663. The van der Waals surface area contributed by atoms with E-state index in [-0.39, 0.29) is 5.91 Å². The minimum atomic E-state index is 0.0632. The third kappa shape index (κ3) is 3.64. The van der Waals surface area contributed by atoms with Crippen LogP contribution in [0.2, 0.25) is 0 Å². The van der Waals surface area contributed by atoms with Crippen molar-refractivity contribution in [3.05, 3.63) is 65.7 Å². The van der Waals surface area contributed by atoms with Crippen LogP contribution in [-0.4, -0.2) is 55.2 Å². The largest absolute Gasteiger partial charge is 0.382 e. The number of anilines is 2. The maximum absolute atomic E-state index is 13.2. The lowest BCUT2D eigenvalue weighted by Crippen LogP contribution is -2.36. The van der Waals surface area contributed by atoms with Crippen LogP contribution in [0.1, 0.15) is 15.9 Å². The summed E-state index contributed by atoms with van der Waals surface area (Å²) < 4.78 is 5.47. The van der Waals surface area contributed by atoms with Gasteiger partial charge in [-0.1, -0.05) is 30.4 Å². The van der Waals surface area contributed by atoms with Crippen LogP contribution in [-0.2, 0) is 4.74 Å². The number of rotatable bonds is 3. The van der Waals surface area contributed by atoms with Crippen LogP contribution >= 0.6 is 0 Å². The minimum absolute atomic E-state index is 0.0632. The predicted molar refractivity (Wildman–Crippen MR) is 124 cm³/mol. The van der Waals surface area contributed by atoms with E-state index < -0.39 is 0 Å². The molecule has 6 heteroatoms. The fraction of sp³-hybridized carbons (Fsp3) is 0.280. The molecule has 0 aliphatic carbocycles. The summed E-state index contributed by atoms with van der Waals surface area (Å²) in [7, 11) is 0. The first-order valence-electron chi connectivity index (χ1n) is 10.7. The summed E-state index contributed by atoms with van der Waals surface area (Å²) in [6, 6.07) is 14.2. The Labute approximate surface area is 181 Å². The van der Waals surface area contributed by atoms with Gasteiger partial charge in [-0.25, -0.2) is 4.98 Å². The molecule has 3 aromatic rings. The zero-order valence-electron chi connectivity index (χ0n) is 17.7. The maximum Gasteiger partial charge on any atom is 0.255 e. The summed E-state index contributed by atoms with van der Waals surface area (Å²) in [5.41, 5.74) is 11.9. The van der Waals surface area contributed by atoms with Gasteiger partial charge in [0.2, 0.25) is 0 Å². The lowest BCUT2D eigenvalue weighted by molar-refractivity contribution is 0.0800. The van der Waals surface area contributed by atoms with Crippen molar-refractivity contribution < 1.29 is 9.53 Å². The minimum Gasteiger partial charge on any atom is -0.382 e. The van der Waals surface area contributed by atoms with E-state index in [9.17, 15) is 4.79 Å². The van der Waals surface area contributed by atoms with Gasteiger partial charge in [-0.2, -0.15) is 0 Å². The van der Waals surface area contributed by atoms with Gasteiger partial charge in [0.25, 0.3) is 5.91 Å². The highest BCUT2D eigenvalue weighted by molar-refractivity contribution is 6.03. The molecule has 2 aromatic carbocycles. The van der Waals surface area contributed by atoms with Gasteiger partial charge in [0.05, 0.1) is 24.4 Å². The molecule has 5 rings (SSSR count). The SMILES string of the molecule is Cc1cccc(C(=O)N2CC=CC2)c1-c1ccc2nc(N)c(N3CCOCC3)cc2c1. The van der Waals surface area contributed by atoms with Gasteiger partial charge in [-0.3, -0.25) is 4.79 Å². The Morgan fingerprint density at radius 1 is 1.06 bits per heavy atom. The van der Waals surface area contributed by atoms with Gasteiger partial charge in [0, 0.05) is 37.1 Å².